The molecule has 2 unspecified atom stereocenters. The van der Waals surface area contributed by atoms with Crippen LogP contribution in [0, 0.1) is 0 Å². The number of hydrogen-bond acceptors (Lipinski definition) is 5. The van der Waals surface area contributed by atoms with Crippen molar-refractivity contribution in [2.75, 3.05) is 32.7 Å². The van der Waals surface area contributed by atoms with Crippen LogP contribution in [0.5, 0.6) is 0 Å². The number of hydrogen-bond donors (Lipinski definition) is 3. The Morgan fingerprint density at radius 3 is 2.00 bits per heavy atom. The number of halogens is 2. The third kappa shape index (κ3) is 8.72. The van der Waals surface area contributed by atoms with Crippen molar-refractivity contribution >= 4 is 47.1 Å². The molecule has 192 valence electrons. The molecule has 2 saturated heterocycles. The second-order valence-corrected chi connectivity index (χ2v) is 9.13. The number of carbonyl (C=O) groups excluding carboxylic acids is 1. The van der Waals surface area contributed by atoms with Crippen LogP contribution in [0.1, 0.15) is 25.3 Å². The number of rotatable bonds is 6. The normalized spacial score (nSPS) is 20.4. The Labute approximate surface area is 213 Å². The maximum atomic E-state index is 13.0. The van der Waals surface area contributed by atoms with Crippen LogP contribution < -0.4 is 0 Å². The summed E-state index contributed by atoms with van der Waals surface area (Å²) in [7, 11) is 0. The lowest BCUT2D eigenvalue weighted by Crippen LogP contribution is -2.64. The standard InChI is InChI=1S/C19H25Cl2N3O3.C4H4O4/c1-13-17(12-22-6-2-3-7-22)24(9-8-23(13)19(26)27)18(25)11-14-4-5-15(20)16(21)10-14;5-3(6)1-2-4(7)8/h4-5,10,13,17H,2-3,6-9,11-12H2,1H3,(H,26,27);1-2H,(H,5,6)(H,7,8)/b;2-1+. The number of amides is 2. The largest absolute Gasteiger partial charge is 0.478 e. The van der Waals surface area contributed by atoms with E-state index >= 15 is 0 Å². The van der Waals surface area contributed by atoms with Crippen molar-refractivity contribution in [2.45, 2.75) is 38.3 Å². The average Bonchev–Trinajstić information content (AvgIpc) is 3.29. The van der Waals surface area contributed by atoms with Gasteiger partial charge in [0.05, 0.1) is 28.5 Å². The lowest BCUT2D eigenvalue weighted by molar-refractivity contribution is -0.137. The van der Waals surface area contributed by atoms with E-state index in [0.29, 0.717) is 41.8 Å². The molecule has 0 aromatic heterocycles. The molecule has 35 heavy (non-hydrogen) atoms. The van der Waals surface area contributed by atoms with Crippen molar-refractivity contribution in [1.82, 2.24) is 14.7 Å². The van der Waals surface area contributed by atoms with Crippen molar-refractivity contribution in [1.29, 1.82) is 0 Å². The van der Waals surface area contributed by atoms with Gasteiger partial charge in [-0.15, -0.1) is 0 Å². The second-order valence-electron chi connectivity index (χ2n) is 8.31. The van der Waals surface area contributed by atoms with E-state index in [1.807, 2.05) is 11.8 Å². The van der Waals surface area contributed by atoms with E-state index in [1.54, 1.807) is 18.2 Å². The van der Waals surface area contributed by atoms with Crippen molar-refractivity contribution in [3.63, 3.8) is 0 Å². The highest BCUT2D eigenvalue weighted by Gasteiger charge is 2.39. The second kappa shape index (κ2) is 13.3. The number of benzene rings is 1. The van der Waals surface area contributed by atoms with Crippen LogP contribution >= 0.6 is 23.2 Å². The van der Waals surface area contributed by atoms with Crippen LogP contribution in [0.2, 0.25) is 10.0 Å². The number of piperazine rings is 1. The van der Waals surface area contributed by atoms with E-state index in [0.717, 1.165) is 31.5 Å². The summed E-state index contributed by atoms with van der Waals surface area (Å²) in [4.78, 5) is 49.3. The Bertz CT molecular complexity index is 950. The minimum absolute atomic E-state index is 0.00512. The number of carbonyl (C=O) groups is 4. The smallest absolute Gasteiger partial charge is 0.407 e. The number of carboxylic acids is 2. The Morgan fingerprint density at radius 1 is 0.914 bits per heavy atom. The SMILES string of the molecule is CC1C(CN2CCCC2)N(C(=O)Cc2ccc(Cl)c(Cl)c2)CCN1C(=O)O.O=C(O)/C=C/C(=O)O. The van der Waals surface area contributed by atoms with Gasteiger partial charge in [0.15, 0.2) is 0 Å². The molecule has 0 aliphatic carbocycles. The number of nitrogens with zero attached hydrogens (tertiary/aromatic N) is 3. The quantitative estimate of drug-likeness (QED) is 0.478. The predicted molar refractivity (Wildman–Crippen MR) is 130 cm³/mol. The summed E-state index contributed by atoms with van der Waals surface area (Å²) in [6.07, 6.45) is 2.73. The van der Waals surface area contributed by atoms with Gasteiger partial charge in [-0.3, -0.25) is 4.79 Å². The first kappa shape index (κ1) is 28.4. The number of likely N-dealkylation sites (tertiary alicyclic amines) is 1. The molecule has 2 aliphatic heterocycles. The molecular formula is C23H29Cl2N3O7. The van der Waals surface area contributed by atoms with Crippen molar-refractivity contribution in [2.24, 2.45) is 0 Å². The zero-order valence-electron chi connectivity index (χ0n) is 19.3. The van der Waals surface area contributed by atoms with Gasteiger partial charge in [-0.25, -0.2) is 14.4 Å². The van der Waals surface area contributed by atoms with E-state index in [1.165, 1.54) is 4.90 Å². The highest BCUT2D eigenvalue weighted by atomic mass is 35.5. The maximum absolute atomic E-state index is 13.0. The van der Waals surface area contributed by atoms with Crippen LogP contribution in [0.25, 0.3) is 0 Å². The lowest BCUT2D eigenvalue weighted by atomic mass is 10.0. The maximum Gasteiger partial charge on any atom is 0.407 e. The number of carboxylic acid groups (broad SMARTS) is 3. The molecule has 12 heteroatoms. The van der Waals surface area contributed by atoms with Gasteiger partial charge in [-0.1, -0.05) is 29.3 Å². The van der Waals surface area contributed by atoms with Crippen molar-refractivity contribution < 1.29 is 34.5 Å². The van der Waals surface area contributed by atoms with Gasteiger partial charge >= 0.3 is 18.0 Å². The predicted octanol–water partition coefficient (Wildman–Crippen LogP) is 2.92. The molecule has 1 aromatic carbocycles. The summed E-state index contributed by atoms with van der Waals surface area (Å²) in [5.41, 5.74) is 0.808. The fraction of sp³-hybridized carbons (Fsp3) is 0.478. The summed E-state index contributed by atoms with van der Waals surface area (Å²) in [5.74, 6) is -2.52. The highest BCUT2D eigenvalue weighted by Crippen LogP contribution is 2.25. The zero-order chi connectivity index (χ0) is 26.1. The highest BCUT2D eigenvalue weighted by molar-refractivity contribution is 6.42. The molecule has 2 atom stereocenters. The molecule has 0 saturated carbocycles. The third-order valence-corrected chi connectivity index (χ3v) is 6.69. The molecule has 1 aromatic rings. The molecule has 0 spiro atoms. The van der Waals surface area contributed by atoms with E-state index in [-0.39, 0.29) is 24.4 Å². The Kier molecular flexibility index (Phi) is 10.8. The summed E-state index contributed by atoms with van der Waals surface area (Å²) < 4.78 is 0. The van der Waals surface area contributed by atoms with Crippen LogP contribution in [0.4, 0.5) is 4.79 Å². The summed E-state index contributed by atoms with van der Waals surface area (Å²) in [5, 5.41) is 26.0. The van der Waals surface area contributed by atoms with Crippen LogP contribution in [-0.4, -0.2) is 98.8 Å². The molecule has 0 radical (unpaired) electrons. The molecule has 2 fully saturated rings. The Balaban J connectivity index is 0.000000466. The molecule has 2 heterocycles. The van der Waals surface area contributed by atoms with E-state index in [2.05, 4.69) is 4.90 Å². The van der Waals surface area contributed by atoms with Crippen molar-refractivity contribution in [3.05, 3.63) is 46.0 Å². The minimum Gasteiger partial charge on any atom is -0.478 e. The average molecular weight is 530 g/mol. The molecule has 2 aliphatic rings. The van der Waals surface area contributed by atoms with Gasteiger partial charge in [-0.05, 0) is 50.6 Å². The van der Waals surface area contributed by atoms with Gasteiger partial charge in [-0.2, -0.15) is 0 Å². The van der Waals surface area contributed by atoms with E-state index in [4.69, 9.17) is 33.4 Å². The first-order valence-corrected chi connectivity index (χ1v) is 11.8. The summed E-state index contributed by atoms with van der Waals surface area (Å²) in [6, 6.07) is 4.82. The van der Waals surface area contributed by atoms with Gasteiger partial charge in [0, 0.05) is 31.8 Å². The molecule has 0 bridgehead atoms. The summed E-state index contributed by atoms with van der Waals surface area (Å²) in [6.45, 7) is 5.36. The van der Waals surface area contributed by atoms with Crippen LogP contribution in [-0.2, 0) is 20.8 Å². The first-order chi connectivity index (χ1) is 16.5. The minimum atomic E-state index is -1.26. The lowest BCUT2D eigenvalue weighted by Gasteiger charge is -2.46. The fourth-order valence-corrected chi connectivity index (χ4v) is 4.50. The van der Waals surface area contributed by atoms with E-state index < -0.39 is 18.0 Å². The van der Waals surface area contributed by atoms with Gasteiger partial charge in [0.2, 0.25) is 5.91 Å². The third-order valence-electron chi connectivity index (χ3n) is 5.95. The van der Waals surface area contributed by atoms with Crippen LogP contribution in [0.15, 0.2) is 30.4 Å². The first-order valence-electron chi connectivity index (χ1n) is 11.1. The molecule has 10 nitrogen and oxygen atoms in total. The molecule has 3 N–H and O–H groups in total. The monoisotopic (exact) mass is 529 g/mol. The van der Waals surface area contributed by atoms with E-state index in [9.17, 15) is 24.3 Å². The Morgan fingerprint density at radius 2 is 1.49 bits per heavy atom. The van der Waals surface area contributed by atoms with Gasteiger partial charge in [0.1, 0.15) is 0 Å². The van der Waals surface area contributed by atoms with Gasteiger partial charge in [0.25, 0.3) is 0 Å². The molecule has 3 rings (SSSR count). The van der Waals surface area contributed by atoms with Crippen LogP contribution in [0.3, 0.4) is 0 Å². The molecule has 2 amide bonds. The topological polar surface area (TPSA) is 139 Å². The molecular weight excluding hydrogens is 501 g/mol. The fourth-order valence-electron chi connectivity index (χ4n) is 4.18. The van der Waals surface area contributed by atoms with Crippen molar-refractivity contribution in [3.8, 4) is 0 Å². The zero-order valence-corrected chi connectivity index (χ0v) is 20.8. The Hall–Kier alpha value is -2.82. The van der Waals surface area contributed by atoms with Gasteiger partial charge < -0.3 is 30.0 Å². The summed E-state index contributed by atoms with van der Waals surface area (Å²) >= 11 is 12.0. The number of aliphatic carboxylic acids is 2.